The van der Waals surface area contributed by atoms with E-state index in [1.54, 1.807) is 27.7 Å². The quantitative estimate of drug-likeness (QED) is 0.748. The minimum atomic E-state index is -0.638. The van der Waals surface area contributed by atoms with Crippen molar-refractivity contribution in [2.45, 2.75) is 39.7 Å². The molecule has 0 spiro atoms. The fraction of sp³-hybridized carbons (Fsp3) is 0.727. The third-order valence-electron chi connectivity index (χ3n) is 1.77. The molecule has 0 heterocycles. The second-order valence-corrected chi connectivity index (χ2v) is 4.48. The molecule has 1 N–H and O–H groups in total. The highest BCUT2D eigenvalue weighted by Crippen LogP contribution is 2.08. The van der Waals surface area contributed by atoms with Gasteiger partial charge in [0, 0.05) is 13.5 Å². The van der Waals surface area contributed by atoms with E-state index in [-0.39, 0.29) is 13.0 Å². The Hall–Kier alpha value is -1.59. The summed E-state index contributed by atoms with van der Waals surface area (Å²) in [6.45, 7) is 6.40. The number of amides is 3. The van der Waals surface area contributed by atoms with Crippen LogP contribution in [0.1, 0.15) is 34.1 Å². The van der Waals surface area contributed by atoms with E-state index in [0.717, 1.165) is 4.90 Å². The SMILES string of the molecule is CCC(=O)N(CC(=O)OC(C)(C)C)C(=O)NC. The highest BCUT2D eigenvalue weighted by molar-refractivity contribution is 5.97. The number of rotatable bonds is 3. The Labute approximate surface area is 101 Å². The number of carbonyl (C=O) groups is 3. The summed E-state index contributed by atoms with van der Waals surface area (Å²) in [5.74, 6) is -1.03. The molecule has 0 aromatic rings. The molecule has 0 saturated heterocycles. The van der Waals surface area contributed by atoms with E-state index in [1.165, 1.54) is 7.05 Å². The van der Waals surface area contributed by atoms with Crippen molar-refractivity contribution in [3.05, 3.63) is 0 Å². The highest BCUT2D eigenvalue weighted by atomic mass is 16.6. The topological polar surface area (TPSA) is 75.7 Å². The van der Waals surface area contributed by atoms with Crippen LogP contribution in [0.2, 0.25) is 0 Å². The van der Waals surface area contributed by atoms with Gasteiger partial charge in [-0.25, -0.2) is 4.79 Å². The number of hydrogen-bond acceptors (Lipinski definition) is 4. The maximum Gasteiger partial charge on any atom is 0.326 e. The summed E-state index contributed by atoms with van der Waals surface area (Å²) in [7, 11) is 1.40. The Morgan fingerprint density at radius 1 is 1.24 bits per heavy atom. The van der Waals surface area contributed by atoms with Crippen molar-refractivity contribution in [3.63, 3.8) is 0 Å². The Balaban J connectivity index is 4.60. The van der Waals surface area contributed by atoms with Crippen LogP contribution >= 0.6 is 0 Å². The number of nitrogens with one attached hydrogen (secondary N) is 1. The van der Waals surface area contributed by atoms with Gasteiger partial charge in [-0.1, -0.05) is 6.92 Å². The lowest BCUT2D eigenvalue weighted by Gasteiger charge is -2.23. The molecule has 0 rings (SSSR count). The summed E-state index contributed by atoms with van der Waals surface area (Å²) in [6, 6.07) is -0.609. The van der Waals surface area contributed by atoms with Crippen molar-refractivity contribution in [1.29, 1.82) is 0 Å². The van der Waals surface area contributed by atoms with Gasteiger partial charge >= 0.3 is 12.0 Å². The summed E-state index contributed by atoms with van der Waals surface area (Å²) >= 11 is 0. The van der Waals surface area contributed by atoms with Crippen molar-refractivity contribution in [2.75, 3.05) is 13.6 Å². The molecule has 0 atom stereocenters. The van der Waals surface area contributed by atoms with Crippen LogP contribution in [0.4, 0.5) is 4.79 Å². The first-order valence-electron chi connectivity index (χ1n) is 5.45. The largest absolute Gasteiger partial charge is 0.459 e. The molecule has 98 valence electrons. The van der Waals surface area contributed by atoms with Gasteiger partial charge in [0.2, 0.25) is 5.91 Å². The number of ether oxygens (including phenoxy) is 1. The highest BCUT2D eigenvalue weighted by Gasteiger charge is 2.25. The molecule has 0 aromatic heterocycles. The van der Waals surface area contributed by atoms with Gasteiger partial charge < -0.3 is 10.1 Å². The molecule has 17 heavy (non-hydrogen) atoms. The van der Waals surface area contributed by atoms with Gasteiger partial charge in [-0.05, 0) is 20.8 Å². The summed E-state index contributed by atoms with van der Waals surface area (Å²) in [6.07, 6.45) is 0.149. The molecule has 0 aliphatic heterocycles. The summed E-state index contributed by atoms with van der Waals surface area (Å²) in [5.41, 5.74) is -0.638. The zero-order chi connectivity index (χ0) is 13.6. The molecule has 0 aliphatic rings. The number of nitrogens with zero attached hydrogens (tertiary/aromatic N) is 1. The predicted molar refractivity (Wildman–Crippen MR) is 62.3 cm³/mol. The van der Waals surface area contributed by atoms with Crippen molar-refractivity contribution < 1.29 is 19.1 Å². The Bertz CT molecular complexity index is 291. The molecule has 6 heteroatoms. The molecule has 0 saturated carbocycles. The van der Waals surface area contributed by atoms with Crippen LogP contribution in [0.5, 0.6) is 0 Å². The van der Waals surface area contributed by atoms with Gasteiger partial charge in [-0.15, -0.1) is 0 Å². The monoisotopic (exact) mass is 244 g/mol. The van der Waals surface area contributed by atoms with E-state index in [2.05, 4.69) is 5.32 Å². The maximum absolute atomic E-state index is 11.5. The molecular weight excluding hydrogens is 224 g/mol. The van der Waals surface area contributed by atoms with E-state index in [0.29, 0.717) is 0 Å². The molecule has 3 amide bonds. The molecule has 0 bridgehead atoms. The molecule has 0 aromatic carbocycles. The summed E-state index contributed by atoms with van der Waals surface area (Å²) in [5, 5.41) is 2.31. The lowest BCUT2D eigenvalue weighted by atomic mass is 10.2. The number of esters is 1. The minimum Gasteiger partial charge on any atom is -0.459 e. The Morgan fingerprint density at radius 2 is 1.76 bits per heavy atom. The van der Waals surface area contributed by atoms with E-state index in [1.807, 2.05) is 0 Å². The molecule has 0 unspecified atom stereocenters. The van der Waals surface area contributed by atoms with Crippen LogP contribution in [0.15, 0.2) is 0 Å². The van der Waals surface area contributed by atoms with E-state index in [4.69, 9.17) is 4.74 Å². The Morgan fingerprint density at radius 3 is 2.12 bits per heavy atom. The van der Waals surface area contributed by atoms with Crippen LogP contribution in [-0.4, -0.2) is 42.0 Å². The van der Waals surface area contributed by atoms with Gasteiger partial charge in [0.15, 0.2) is 0 Å². The number of imide groups is 1. The van der Waals surface area contributed by atoms with Crippen molar-refractivity contribution >= 4 is 17.9 Å². The number of hydrogen-bond donors (Lipinski definition) is 1. The van der Waals surface area contributed by atoms with Crippen LogP contribution in [0.3, 0.4) is 0 Å². The molecule has 0 fully saturated rings. The zero-order valence-corrected chi connectivity index (χ0v) is 11.0. The third kappa shape index (κ3) is 5.89. The average molecular weight is 244 g/mol. The van der Waals surface area contributed by atoms with Gasteiger partial charge in [0.1, 0.15) is 12.1 Å². The third-order valence-corrected chi connectivity index (χ3v) is 1.77. The van der Waals surface area contributed by atoms with Crippen LogP contribution < -0.4 is 5.32 Å². The normalized spacial score (nSPS) is 10.6. The molecule has 0 aliphatic carbocycles. The van der Waals surface area contributed by atoms with E-state index < -0.39 is 23.5 Å². The smallest absolute Gasteiger partial charge is 0.326 e. The van der Waals surface area contributed by atoms with Gasteiger partial charge in [0.25, 0.3) is 0 Å². The second-order valence-electron chi connectivity index (χ2n) is 4.48. The maximum atomic E-state index is 11.5. The zero-order valence-electron chi connectivity index (χ0n) is 11.0. The van der Waals surface area contributed by atoms with Crippen LogP contribution in [0, 0.1) is 0 Å². The first-order chi connectivity index (χ1) is 7.71. The summed E-state index contributed by atoms with van der Waals surface area (Å²) in [4.78, 5) is 35.2. The summed E-state index contributed by atoms with van der Waals surface area (Å²) < 4.78 is 5.04. The van der Waals surface area contributed by atoms with E-state index >= 15 is 0 Å². The van der Waals surface area contributed by atoms with E-state index in [9.17, 15) is 14.4 Å². The standard InChI is InChI=1S/C11H20N2O4/c1-6-8(14)13(10(16)12-5)7-9(15)17-11(2,3)4/h6-7H2,1-5H3,(H,12,16). The molecule has 6 nitrogen and oxygen atoms in total. The first-order valence-corrected chi connectivity index (χ1v) is 5.45. The van der Waals surface area contributed by atoms with Crippen molar-refractivity contribution in [3.8, 4) is 0 Å². The second kappa shape index (κ2) is 6.22. The molecule has 0 radical (unpaired) electrons. The minimum absolute atomic E-state index is 0.149. The van der Waals surface area contributed by atoms with Crippen molar-refractivity contribution in [2.24, 2.45) is 0 Å². The van der Waals surface area contributed by atoms with Crippen molar-refractivity contribution in [1.82, 2.24) is 10.2 Å². The first kappa shape index (κ1) is 15.4. The van der Waals surface area contributed by atoms with Crippen LogP contribution in [-0.2, 0) is 14.3 Å². The lowest BCUT2D eigenvalue weighted by Crippen LogP contribution is -2.46. The molecular formula is C11H20N2O4. The predicted octanol–water partition coefficient (Wildman–Crippen LogP) is 0.906. The number of carbonyl (C=O) groups excluding carboxylic acids is 3. The fourth-order valence-corrected chi connectivity index (χ4v) is 1.10. The Kier molecular flexibility index (Phi) is 5.64. The van der Waals surface area contributed by atoms with Gasteiger partial charge in [-0.3, -0.25) is 14.5 Å². The van der Waals surface area contributed by atoms with Crippen LogP contribution in [0.25, 0.3) is 0 Å². The fourth-order valence-electron chi connectivity index (χ4n) is 1.10. The van der Waals surface area contributed by atoms with Gasteiger partial charge in [0.05, 0.1) is 0 Å². The van der Waals surface area contributed by atoms with Gasteiger partial charge in [-0.2, -0.15) is 0 Å². The lowest BCUT2D eigenvalue weighted by molar-refractivity contribution is -0.157. The number of urea groups is 1. The average Bonchev–Trinajstić information content (AvgIpc) is 2.21.